The number of likely N-dealkylation sites (tertiary alicyclic amines) is 2. The summed E-state index contributed by atoms with van der Waals surface area (Å²) in [6, 6.07) is 0.474. The minimum Gasteiger partial charge on any atom is -0.444 e. The van der Waals surface area contributed by atoms with Crippen molar-refractivity contribution in [3.05, 3.63) is 0 Å². The number of carbonyl (C=O) groups is 2. The van der Waals surface area contributed by atoms with E-state index >= 15 is 0 Å². The molecule has 0 radical (unpaired) electrons. The first kappa shape index (κ1) is 23.6. The lowest BCUT2D eigenvalue weighted by molar-refractivity contribution is -0.135. The topological polar surface area (TPSA) is 74.6 Å². The Balaban J connectivity index is 1.49. The van der Waals surface area contributed by atoms with E-state index in [1.54, 1.807) is 0 Å². The van der Waals surface area contributed by atoms with Crippen molar-refractivity contribution in [1.82, 2.24) is 9.80 Å². The van der Waals surface area contributed by atoms with Crippen LogP contribution >= 0.6 is 0 Å². The average molecular weight is 431 g/mol. The first-order valence-electron chi connectivity index (χ1n) is 11.9. The second-order valence-corrected chi connectivity index (χ2v) is 10.2. The van der Waals surface area contributed by atoms with E-state index in [2.05, 4.69) is 21.0 Å². The fourth-order valence-electron chi connectivity index (χ4n) is 4.83. The van der Waals surface area contributed by atoms with Gasteiger partial charge in [-0.2, -0.15) is 10.2 Å². The molecular weight excluding hydrogens is 392 g/mol. The van der Waals surface area contributed by atoms with Crippen LogP contribution in [-0.4, -0.2) is 58.2 Å². The number of amides is 2. The van der Waals surface area contributed by atoms with Crippen LogP contribution in [0, 0.1) is 12.3 Å². The maximum atomic E-state index is 13.0. The van der Waals surface area contributed by atoms with Gasteiger partial charge in [0.25, 0.3) is 0 Å². The van der Waals surface area contributed by atoms with Crippen LogP contribution in [0.4, 0.5) is 4.79 Å². The molecule has 0 saturated carbocycles. The van der Waals surface area contributed by atoms with Gasteiger partial charge in [0.2, 0.25) is 5.91 Å². The quantitative estimate of drug-likeness (QED) is 0.514. The van der Waals surface area contributed by atoms with Crippen molar-refractivity contribution in [3.63, 3.8) is 0 Å². The number of hydrogen-bond acceptors (Lipinski definition) is 5. The molecule has 0 N–H and O–H groups in total. The van der Waals surface area contributed by atoms with Crippen LogP contribution in [0.1, 0.15) is 91.4 Å². The van der Waals surface area contributed by atoms with Crippen LogP contribution in [0.15, 0.2) is 10.2 Å². The molecular formula is C24H38N4O3. The molecule has 0 aromatic heterocycles. The van der Waals surface area contributed by atoms with Crippen LogP contribution in [0.3, 0.4) is 0 Å². The third-order valence-corrected chi connectivity index (χ3v) is 6.58. The van der Waals surface area contributed by atoms with Gasteiger partial charge in [0.05, 0.1) is 0 Å². The normalized spacial score (nSPS) is 24.7. The summed E-state index contributed by atoms with van der Waals surface area (Å²) in [5, 5.41) is 8.31. The van der Waals surface area contributed by atoms with E-state index in [9.17, 15) is 9.59 Å². The van der Waals surface area contributed by atoms with E-state index in [0.717, 1.165) is 64.5 Å². The Bertz CT molecular complexity index is 715. The largest absolute Gasteiger partial charge is 0.444 e. The van der Waals surface area contributed by atoms with Crippen LogP contribution < -0.4 is 0 Å². The minimum atomic E-state index is -0.478. The molecule has 7 nitrogen and oxygen atoms in total. The summed E-state index contributed by atoms with van der Waals surface area (Å²) in [6.07, 6.45) is 14.8. The molecule has 2 saturated heterocycles. The van der Waals surface area contributed by atoms with Gasteiger partial charge in [-0.1, -0.05) is 0 Å². The van der Waals surface area contributed by atoms with Crippen molar-refractivity contribution in [2.24, 2.45) is 10.2 Å². The summed E-state index contributed by atoms with van der Waals surface area (Å²) in [5.74, 6) is 2.84. The zero-order valence-electron chi connectivity index (χ0n) is 19.4. The molecule has 2 atom stereocenters. The first-order chi connectivity index (χ1) is 14.7. The summed E-state index contributed by atoms with van der Waals surface area (Å²) in [5.41, 5.74) is -0.875. The lowest BCUT2D eigenvalue weighted by atomic mass is 9.94. The summed E-state index contributed by atoms with van der Waals surface area (Å²) in [4.78, 5) is 29.5. The highest BCUT2D eigenvalue weighted by Gasteiger charge is 2.40. The third-order valence-electron chi connectivity index (χ3n) is 6.58. The molecule has 0 aromatic carbocycles. The number of hydrogen-bond donors (Lipinski definition) is 0. The molecule has 1 unspecified atom stereocenters. The molecule has 2 fully saturated rings. The Morgan fingerprint density at radius 3 is 2.32 bits per heavy atom. The van der Waals surface area contributed by atoms with Gasteiger partial charge >= 0.3 is 6.09 Å². The lowest BCUT2D eigenvalue weighted by Crippen LogP contribution is -2.45. The number of carbonyl (C=O) groups excluding carboxylic acids is 2. The van der Waals surface area contributed by atoms with E-state index in [4.69, 9.17) is 11.2 Å². The highest BCUT2D eigenvalue weighted by Crippen LogP contribution is 2.38. The van der Waals surface area contributed by atoms with E-state index in [1.165, 1.54) is 0 Å². The molecule has 0 bridgehead atoms. The zero-order chi connectivity index (χ0) is 22.5. The fourth-order valence-corrected chi connectivity index (χ4v) is 4.83. The predicted molar refractivity (Wildman–Crippen MR) is 119 cm³/mol. The smallest absolute Gasteiger partial charge is 0.410 e. The van der Waals surface area contributed by atoms with Crippen LogP contribution in [-0.2, 0) is 9.53 Å². The number of nitrogens with zero attached hydrogens (tertiary/aromatic N) is 4. The molecule has 3 heterocycles. The zero-order valence-corrected chi connectivity index (χ0v) is 19.4. The fraction of sp³-hybridized carbons (Fsp3) is 0.833. The highest BCUT2D eigenvalue weighted by atomic mass is 16.6. The molecule has 2 amide bonds. The van der Waals surface area contributed by atoms with Gasteiger partial charge in [0, 0.05) is 50.9 Å². The van der Waals surface area contributed by atoms with Crippen molar-refractivity contribution < 1.29 is 14.3 Å². The summed E-state index contributed by atoms with van der Waals surface area (Å²) in [7, 11) is 0. The van der Waals surface area contributed by atoms with Gasteiger partial charge in [-0.15, -0.1) is 12.3 Å². The Hall–Kier alpha value is -2.10. The average Bonchev–Trinajstić information content (AvgIpc) is 3.33. The Kier molecular flexibility index (Phi) is 7.61. The Morgan fingerprint density at radius 2 is 1.68 bits per heavy atom. The van der Waals surface area contributed by atoms with Crippen molar-refractivity contribution in [1.29, 1.82) is 0 Å². The second-order valence-electron chi connectivity index (χ2n) is 10.2. The summed E-state index contributed by atoms with van der Waals surface area (Å²) < 4.78 is 5.59. The minimum absolute atomic E-state index is 0.206. The van der Waals surface area contributed by atoms with Gasteiger partial charge in [0.1, 0.15) is 5.60 Å². The van der Waals surface area contributed by atoms with E-state index in [-0.39, 0.29) is 24.1 Å². The molecule has 0 aromatic rings. The first-order valence-corrected chi connectivity index (χ1v) is 11.9. The van der Waals surface area contributed by atoms with Crippen LogP contribution in [0.5, 0.6) is 0 Å². The highest BCUT2D eigenvalue weighted by molar-refractivity contribution is 5.76. The molecule has 31 heavy (non-hydrogen) atoms. The van der Waals surface area contributed by atoms with Gasteiger partial charge in [-0.05, 0) is 65.7 Å². The maximum absolute atomic E-state index is 13.0. The second kappa shape index (κ2) is 10.0. The van der Waals surface area contributed by atoms with Crippen LogP contribution in [0.2, 0.25) is 0 Å². The van der Waals surface area contributed by atoms with Gasteiger partial charge in [-0.3, -0.25) is 4.79 Å². The molecule has 172 valence electrons. The maximum Gasteiger partial charge on any atom is 0.410 e. The standard InChI is InChI=1S/C24H38N4O3/c1-5-6-15-24(25-26-24)16-14-21(29)27-17-8-7-10-19(27)12-13-20-11-9-18-28(20)22(30)31-23(2,3)4/h1,19-20H,6-18H2,2-4H3/t19?,20-/m1/s1. The van der Waals surface area contributed by atoms with E-state index < -0.39 is 11.3 Å². The van der Waals surface area contributed by atoms with Gasteiger partial charge < -0.3 is 14.5 Å². The predicted octanol–water partition coefficient (Wildman–Crippen LogP) is 4.90. The third kappa shape index (κ3) is 6.69. The van der Waals surface area contributed by atoms with Crippen molar-refractivity contribution >= 4 is 12.0 Å². The van der Waals surface area contributed by atoms with Gasteiger partial charge in [0.15, 0.2) is 5.66 Å². The van der Waals surface area contributed by atoms with Crippen LogP contribution in [0.25, 0.3) is 0 Å². The molecule has 3 rings (SSSR count). The number of terminal acetylenes is 1. The lowest BCUT2D eigenvalue weighted by Gasteiger charge is -2.37. The SMILES string of the molecule is C#CCCC1(CCC(=O)N2CCCCC2CC[C@H]2CCCN2C(=O)OC(C)(C)C)N=N1. The van der Waals surface area contributed by atoms with Gasteiger partial charge in [-0.25, -0.2) is 4.79 Å². The van der Waals surface area contributed by atoms with Crippen molar-refractivity contribution in [2.45, 2.75) is 115 Å². The molecule has 3 aliphatic rings. The Labute approximate surface area is 187 Å². The number of ether oxygens (including phenoxy) is 1. The molecule has 0 spiro atoms. The Morgan fingerprint density at radius 1 is 1.03 bits per heavy atom. The number of piperidine rings is 1. The van der Waals surface area contributed by atoms with E-state index in [0.29, 0.717) is 19.3 Å². The molecule has 7 heteroatoms. The van der Waals surface area contributed by atoms with Crippen molar-refractivity contribution in [3.8, 4) is 12.3 Å². The summed E-state index contributed by atoms with van der Waals surface area (Å²) in [6.45, 7) is 7.30. The summed E-state index contributed by atoms with van der Waals surface area (Å²) >= 11 is 0. The monoisotopic (exact) mass is 430 g/mol. The van der Waals surface area contributed by atoms with E-state index in [1.807, 2.05) is 25.7 Å². The molecule has 0 aliphatic carbocycles. The number of rotatable bonds is 8. The van der Waals surface area contributed by atoms with Crippen molar-refractivity contribution in [2.75, 3.05) is 13.1 Å². The molecule has 3 aliphatic heterocycles.